The zero-order chi connectivity index (χ0) is 48.1. The third kappa shape index (κ3) is 40.4. The zero-order valence-corrected chi connectivity index (χ0v) is 45.4. The number of carbonyl (C=O) groups excluding carboxylic acids is 2. The highest BCUT2D eigenvalue weighted by molar-refractivity contribution is 7.89. The molecular formula is C56H112N2O6S. The molecule has 388 valence electrons. The van der Waals surface area contributed by atoms with Crippen molar-refractivity contribution in [3.05, 3.63) is 0 Å². The molecule has 0 spiro atoms. The molecule has 0 fully saturated rings. The second-order valence-electron chi connectivity index (χ2n) is 20.4. The van der Waals surface area contributed by atoms with E-state index in [-0.39, 0.29) is 23.7 Å². The molecule has 2 unspecified atom stereocenters. The molecule has 0 aliphatic carbocycles. The first kappa shape index (κ1) is 63.8. The number of carbonyl (C=O) groups is 2. The van der Waals surface area contributed by atoms with E-state index in [2.05, 4.69) is 53.6 Å². The van der Waals surface area contributed by atoms with E-state index < -0.39 is 10.0 Å². The first-order chi connectivity index (χ1) is 31.5. The minimum Gasteiger partial charge on any atom is -0.465 e. The number of rotatable bonds is 51. The van der Waals surface area contributed by atoms with Crippen LogP contribution >= 0.6 is 0 Å². The van der Waals surface area contributed by atoms with Crippen molar-refractivity contribution in [1.82, 2.24) is 9.21 Å². The van der Waals surface area contributed by atoms with Crippen molar-refractivity contribution in [1.29, 1.82) is 0 Å². The highest BCUT2D eigenvalue weighted by atomic mass is 32.2. The van der Waals surface area contributed by atoms with Crippen LogP contribution in [0, 0.1) is 11.8 Å². The van der Waals surface area contributed by atoms with Gasteiger partial charge >= 0.3 is 11.9 Å². The first-order valence-corrected chi connectivity index (χ1v) is 30.1. The number of unbranched alkanes of at least 4 members (excludes halogenated alkanes) is 23. The largest absolute Gasteiger partial charge is 0.465 e. The predicted molar refractivity (Wildman–Crippen MR) is 280 cm³/mol. The van der Waals surface area contributed by atoms with Crippen LogP contribution in [0.2, 0.25) is 0 Å². The van der Waals surface area contributed by atoms with Crippen molar-refractivity contribution < 1.29 is 27.5 Å². The van der Waals surface area contributed by atoms with Gasteiger partial charge in [-0.15, -0.1) is 0 Å². The molecule has 0 N–H and O–H groups in total. The smallest absolute Gasteiger partial charge is 0.305 e. The summed E-state index contributed by atoms with van der Waals surface area (Å²) in [6.45, 7) is 13.8. The molecule has 0 bridgehead atoms. The molecule has 0 aromatic rings. The topological polar surface area (TPSA) is 93.2 Å². The van der Waals surface area contributed by atoms with Crippen LogP contribution < -0.4 is 0 Å². The van der Waals surface area contributed by atoms with Gasteiger partial charge in [0.15, 0.2) is 0 Å². The van der Waals surface area contributed by atoms with E-state index in [0.29, 0.717) is 44.4 Å². The van der Waals surface area contributed by atoms with Gasteiger partial charge in [-0.05, 0) is 96.7 Å². The molecule has 0 aliphatic heterocycles. The van der Waals surface area contributed by atoms with Crippen LogP contribution in [-0.2, 0) is 29.1 Å². The molecule has 65 heavy (non-hydrogen) atoms. The molecule has 0 saturated carbocycles. The number of ether oxygens (including phenoxy) is 2. The summed E-state index contributed by atoms with van der Waals surface area (Å²) in [6.07, 6.45) is 42.4. The molecule has 0 rings (SSSR count). The minimum absolute atomic E-state index is 0.0333. The second kappa shape index (κ2) is 46.5. The van der Waals surface area contributed by atoms with Crippen molar-refractivity contribution in [3.63, 3.8) is 0 Å². The molecule has 0 amide bonds. The maximum Gasteiger partial charge on any atom is 0.305 e. The summed E-state index contributed by atoms with van der Waals surface area (Å²) < 4.78 is 41.7. The molecule has 8 nitrogen and oxygen atoms in total. The molecule has 0 aliphatic rings. The standard InChI is InChI=1S/C56H112N2O6S/c1-8-13-18-21-30-37-49-65(61,62)58(48-38-47-57(6)7)54(43-33-26-22-24-28-35-45-55(59)63-50-52(39-16-11-4)41-31-19-14-9-2)44-34-27-23-25-29-36-46-56(60)64-51-53(40-17-12-5)42-32-20-15-10-3/h52-54H,8-51H2,1-7H3. The summed E-state index contributed by atoms with van der Waals surface area (Å²) in [5, 5.41) is 0. The number of nitrogens with zero attached hydrogens (tertiary/aromatic N) is 2. The Morgan fingerprint density at radius 2 is 0.738 bits per heavy atom. The number of esters is 2. The molecule has 0 saturated heterocycles. The van der Waals surface area contributed by atoms with Gasteiger partial charge < -0.3 is 14.4 Å². The maximum absolute atomic E-state index is 14.1. The monoisotopic (exact) mass is 941 g/mol. The van der Waals surface area contributed by atoms with Crippen LogP contribution in [0.1, 0.15) is 285 Å². The Morgan fingerprint density at radius 3 is 1.15 bits per heavy atom. The third-order valence-electron chi connectivity index (χ3n) is 13.7. The van der Waals surface area contributed by atoms with Gasteiger partial charge in [0.25, 0.3) is 0 Å². The lowest BCUT2D eigenvalue weighted by Gasteiger charge is -2.32. The van der Waals surface area contributed by atoms with Crippen LogP contribution in [0.3, 0.4) is 0 Å². The van der Waals surface area contributed by atoms with Gasteiger partial charge in [0.2, 0.25) is 10.0 Å². The Bertz CT molecular complexity index is 1090. The van der Waals surface area contributed by atoms with Gasteiger partial charge in [0, 0.05) is 25.4 Å². The van der Waals surface area contributed by atoms with E-state index in [1.165, 1.54) is 109 Å². The van der Waals surface area contributed by atoms with E-state index in [9.17, 15) is 18.0 Å². The van der Waals surface area contributed by atoms with Crippen LogP contribution in [0.4, 0.5) is 0 Å². The van der Waals surface area contributed by atoms with E-state index in [1.807, 2.05) is 4.31 Å². The lowest BCUT2D eigenvalue weighted by molar-refractivity contribution is -0.146. The quantitative estimate of drug-likeness (QED) is 0.0443. The van der Waals surface area contributed by atoms with Crippen molar-refractivity contribution in [2.75, 3.05) is 46.2 Å². The average Bonchev–Trinajstić information content (AvgIpc) is 3.28. The van der Waals surface area contributed by atoms with E-state index in [1.54, 1.807) is 0 Å². The zero-order valence-electron chi connectivity index (χ0n) is 44.6. The van der Waals surface area contributed by atoms with Crippen LogP contribution in [0.5, 0.6) is 0 Å². The molecule has 9 heteroatoms. The molecule has 2 atom stereocenters. The minimum atomic E-state index is -3.36. The fraction of sp³-hybridized carbons (Fsp3) is 0.964. The predicted octanol–water partition coefficient (Wildman–Crippen LogP) is 16.2. The highest BCUT2D eigenvalue weighted by Gasteiger charge is 2.29. The fourth-order valence-corrected chi connectivity index (χ4v) is 11.2. The Hall–Kier alpha value is -1.19. The molecule has 0 radical (unpaired) electrons. The van der Waals surface area contributed by atoms with E-state index in [4.69, 9.17) is 9.47 Å². The molecule has 0 aromatic heterocycles. The lowest BCUT2D eigenvalue weighted by atomic mass is 9.96. The normalized spacial score (nSPS) is 13.4. The summed E-state index contributed by atoms with van der Waals surface area (Å²) in [7, 11) is 0.782. The number of hydrogen-bond donors (Lipinski definition) is 0. The molecular weight excluding hydrogens is 829 g/mol. The second-order valence-corrected chi connectivity index (χ2v) is 22.4. The van der Waals surface area contributed by atoms with Crippen LogP contribution in [0.25, 0.3) is 0 Å². The first-order valence-electron chi connectivity index (χ1n) is 28.5. The Morgan fingerprint density at radius 1 is 0.400 bits per heavy atom. The summed E-state index contributed by atoms with van der Waals surface area (Å²) in [4.78, 5) is 27.4. The lowest BCUT2D eigenvalue weighted by Crippen LogP contribution is -2.43. The Kier molecular flexibility index (Phi) is 45.7. The number of sulfonamides is 1. The van der Waals surface area contributed by atoms with Gasteiger partial charge in [-0.1, -0.05) is 208 Å². The van der Waals surface area contributed by atoms with Crippen molar-refractivity contribution in [3.8, 4) is 0 Å². The highest BCUT2D eigenvalue weighted by Crippen LogP contribution is 2.25. The molecule has 0 aromatic carbocycles. The summed E-state index contributed by atoms with van der Waals surface area (Å²) in [6, 6.07) is 0.0485. The van der Waals surface area contributed by atoms with Crippen molar-refractivity contribution in [2.24, 2.45) is 11.8 Å². The van der Waals surface area contributed by atoms with Gasteiger partial charge in [-0.2, -0.15) is 4.31 Å². The van der Waals surface area contributed by atoms with Gasteiger partial charge in [0.05, 0.1) is 19.0 Å². The summed E-state index contributed by atoms with van der Waals surface area (Å²) in [5.74, 6) is 1.21. The van der Waals surface area contributed by atoms with E-state index >= 15 is 0 Å². The van der Waals surface area contributed by atoms with Crippen molar-refractivity contribution >= 4 is 22.0 Å². The summed E-state index contributed by atoms with van der Waals surface area (Å²) >= 11 is 0. The fourth-order valence-electron chi connectivity index (χ4n) is 9.31. The molecule has 0 heterocycles. The maximum atomic E-state index is 14.1. The SMILES string of the molecule is CCCCCCCCS(=O)(=O)N(CCCN(C)C)C(CCCCCCCCC(=O)OCC(CCCC)CCCCCC)CCCCCCCCC(=O)OCC(CCCC)CCCCCC. The number of hydrogen-bond acceptors (Lipinski definition) is 7. The third-order valence-corrected chi connectivity index (χ3v) is 15.7. The Labute approximate surface area is 406 Å². The van der Waals surface area contributed by atoms with Gasteiger partial charge in [-0.3, -0.25) is 9.59 Å². The Balaban J connectivity index is 5.08. The van der Waals surface area contributed by atoms with Crippen LogP contribution in [0.15, 0.2) is 0 Å². The van der Waals surface area contributed by atoms with E-state index in [0.717, 1.165) is 135 Å². The summed E-state index contributed by atoms with van der Waals surface area (Å²) in [5.41, 5.74) is 0. The van der Waals surface area contributed by atoms with Crippen molar-refractivity contribution in [2.45, 2.75) is 291 Å². The van der Waals surface area contributed by atoms with Gasteiger partial charge in [0.1, 0.15) is 0 Å². The van der Waals surface area contributed by atoms with Gasteiger partial charge in [-0.25, -0.2) is 8.42 Å². The van der Waals surface area contributed by atoms with Crippen LogP contribution in [-0.4, -0.2) is 81.8 Å². The average molecular weight is 942 g/mol.